The smallest absolute Gasteiger partial charge is 0.251 e. The largest absolute Gasteiger partial charge is 0.341 e. The van der Waals surface area contributed by atoms with Crippen molar-refractivity contribution in [1.29, 1.82) is 0 Å². The first-order valence-electron chi connectivity index (χ1n) is 7.79. The van der Waals surface area contributed by atoms with Crippen LogP contribution in [0.5, 0.6) is 0 Å². The molecule has 1 atom stereocenters. The number of anilines is 1. The quantitative estimate of drug-likeness (QED) is 0.742. The highest BCUT2D eigenvalue weighted by Crippen LogP contribution is 2.21. The standard InChI is InChI=1S/C18H16N4O2/c23-17(12-22-16-9-5-4-6-13(16)10-19-22)20-15-11-21(18(15)24)14-7-2-1-3-8-14/h1-10,15H,11-12H2,(H,20,23)/t15-/m1/s1. The molecule has 1 N–H and O–H groups in total. The van der Waals surface area contributed by atoms with Gasteiger partial charge < -0.3 is 10.2 Å². The molecule has 24 heavy (non-hydrogen) atoms. The van der Waals surface area contributed by atoms with E-state index >= 15 is 0 Å². The maximum absolute atomic E-state index is 12.2. The Morgan fingerprint density at radius 1 is 1.12 bits per heavy atom. The van der Waals surface area contributed by atoms with E-state index in [1.807, 2.05) is 54.6 Å². The summed E-state index contributed by atoms with van der Waals surface area (Å²) in [6, 6.07) is 16.7. The molecule has 3 aromatic rings. The molecule has 0 bridgehead atoms. The minimum Gasteiger partial charge on any atom is -0.341 e. The lowest BCUT2D eigenvalue weighted by molar-refractivity contribution is -0.131. The summed E-state index contributed by atoms with van der Waals surface area (Å²) in [6.07, 6.45) is 1.73. The van der Waals surface area contributed by atoms with Crippen LogP contribution in [0.1, 0.15) is 0 Å². The Labute approximate surface area is 138 Å². The van der Waals surface area contributed by atoms with Crippen molar-refractivity contribution in [3.8, 4) is 0 Å². The number of amides is 2. The molecular weight excluding hydrogens is 304 g/mol. The molecule has 120 valence electrons. The van der Waals surface area contributed by atoms with Crippen LogP contribution in [0.2, 0.25) is 0 Å². The Morgan fingerprint density at radius 3 is 2.67 bits per heavy atom. The average molecular weight is 320 g/mol. The maximum atomic E-state index is 12.2. The molecule has 0 saturated carbocycles. The average Bonchev–Trinajstić information content (AvgIpc) is 3.02. The van der Waals surface area contributed by atoms with Gasteiger partial charge in [0.15, 0.2) is 0 Å². The van der Waals surface area contributed by atoms with E-state index in [0.717, 1.165) is 16.6 Å². The summed E-state index contributed by atoms with van der Waals surface area (Å²) in [6.45, 7) is 0.594. The molecule has 6 nitrogen and oxygen atoms in total. The fourth-order valence-corrected chi connectivity index (χ4v) is 2.90. The first-order chi connectivity index (χ1) is 11.7. The van der Waals surface area contributed by atoms with E-state index in [4.69, 9.17) is 0 Å². The number of carbonyl (C=O) groups is 2. The van der Waals surface area contributed by atoms with Gasteiger partial charge in [-0.3, -0.25) is 14.3 Å². The summed E-state index contributed by atoms with van der Waals surface area (Å²) in [5, 5.41) is 7.99. The van der Waals surface area contributed by atoms with Gasteiger partial charge in [0.25, 0.3) is 5.91 Å². The highest BCUT2D eigenvalue weighted by Gasteiger charge is 2.38. The first-order valence-corrected chi connectivity index (χ1v) is 7.79. The number of hydrogen-bond acceptors (Lipinski definition) is 3. The summed E-state index contributed by atoms with van der Waals surface area (Å²) in [5.74, 6) is -0.296. The number of nitrogens with one attached hydrogen (secondary N) is 1. The molecule has 6 heteroatoms. The minimum absolute atomic E-state index is 0.0835. The van der Waals surface area contributed by atoms with Gasteiger partial charge in [0.05, 0.1) is 18.3 Å². The van der Waals surface area contributed by atoms with E-state index in [2.05, 4.69) is 10.4 Å². The van der Waals surface area contributed by atoms with Gasteiger partial charge >= 0.3 is 0 Å². The Bertz CT molecular complexity index is 904. The predicted molar refractivity (Wildman–Crippen MR) is 90.5 cm³/mol. The lowest BCUT2D eigenvalue weighted by atomic mass is 10.1. The van der Waals surface area contributed by atoms with Gasteiger partial charge in [0.2, 0.25) is 5.91 Å². The first kappa shape index (κ1) is 14.4. The summed E-state index contributed by atoms with van der Waals surface area (Å²) in [7, 11) is 0. The second-order valence-electron chi connectivity index (χ2n) is 5.77. The van der Waals surface area contributed by atoms with E-state index in [-0.39, 0.29) is 18.4 Å². The van der Waals surface area contributed by atoms with Crippen molar-refractivity contribution in [2.24, 2.45) is 0 Å². The highest BCUT2D eigenvalue weighted by atomic mass is 16.2. The predicted octanol–water partition coefficient (Wildman–Crippen LogP) is 1.57. The molecule has 2 heterocycles. The lowest BCUT2D eigenvalue weighted by Gasteiger charge is -2.38. The van der Waals surface area contributed by atoms with Crippen molar-refractivity contribution in [1.82, 2.24) is 15.1 Å². The minimum atomic E-state index is -0.459. The molecule has 2 aromatic carbocycles. The number of fused-ring (bicyclic) bond motifs is 1. The third-order valence-electron chi connectivity index (χ3n) is 4.18. The lowest BCUT2D eigenvalue weighted by Crippen LogP contribution is -2.64. The van der Waals surface area contributed by atoms with Gasteiger partial charge in [0.1, 0.15) is 12.6 Å². The monoisotopic (exact) mass is 320 g/mol. The molecule has 0 spiro atoms. The van der Waals surface area contributed by atoms with Crippen LogP contribution in [-0.4, -0.2) is 34.2 Å². The Kier molecular flexibility index (Phi) is 3.49. The highest BCUT2D eigenvalue weighted by molar-refractivity contribution is 6.05. The number of hydrogen-bond donors (Lipinski definition) is 1. The van der Waals surface area contributed by atoms with E-state index in [0.29, 0.717) is 6.54 Å². The summed E-state index contributed by atoms with van der Waals surface area (Å²) in [4.78, 5) is 26.1. The molecular formula is C18H16N4O2. The second kappa shape index (κ2) is 5.81. The van der Waals surface area contributed by atoms with Crippen LogP contribution < -0.4 is 10.2 Å². The van der Waals surface area contributed by atoms with Crippen LogP contribution in [0, 0.1) is 0 Å². The van der Waals surface area contributed by atoms with Crippen LogP contribution >= 0.6 is 0 Å². The molecule has 1 aliphatic rings. The van der Waals surface area contributed by atoms with Crippen molar-refractivity contribution in [3.63, 3.8) is 0 Å². The SMILES string of the molecule is O=C(Cn1ncc2ccccc21)N[C@@H]1CN(c2ccccc2)C1=O. The second-order valence-corrected chi connectivity index (χ2v) is 5.77. The molecule has 1 saturated heterocycles. The van der Waals surface area contributed by atoms with Gasteiger partial charge in [-0.1, -0.05) is 36.4 Å². The third kappa shape index (κ3) is 2.52. The van der Waals surface area contributed by atoms with Crippen molar-refractivity contribution in [3.05, 3.63) is 60.8 Å². The molecule has 1 fully saturated rings. The summed E-state index contributed by atoms with van der Waals surface area (Å²) in [5.41, 5.74) is 1.75. The third-order valence-corrected chi connectivity index (χ3v) is 4.18. The number of para-hydroxylation sites is 2. The molecule has 0 radical (unpaired) electrons. The van der Waals surface area contributed by atoms with Crippen molar-refractivity contribution < 1.29 is 9.59 Å². The Morgan fingerprint density at radius 2 is 1.88 bits per heavy atom. The van der Waals surface area contributed by atoms with Gasteiger partial charge in [-0.15, -0.1) is 0 Å². The molecule has 0 unspecified atom stereocenters. The number of β-lactam (4-membered cyclic amide) rings is 1. The number of nitrogens with zero attached hydrogens (tertiary/aromatic N) is 3. The van der Waals surface area contributed by atoms with Crippen LogP contribution in [0.3, 0.4) is 0 Å². The number of benzene rings is 2. The fourth-order valence-electron chi connectivity index (χ4n) is 2.90. The zero-order valence-electron chi connectivity index (χ0n) is 12.9. The number of rotatable bonds is 4. The summed E-state index contributed by atoms with van der Waals surface area (Å²) < 4.78 is 1.64. The normalized spacial score (nSPS) is 16.9. The van der Waals surface area contributed by atoms with E-state index in [1.54, 1.807) is 15.8 Å². The van der Waals surface area contributed by atoms with Crippen molar-refractivity contribution in [2.75, 3.05) is 11.4 Å². The molecule has 1 aromatic heterocycles. The van der Waals surface area contributed by atoms with Gasteiger partial charge in [0, 0.05) is 11.1 Å². The topological polar surface area (TPSA) is 67.2 Å². The fraction of sp³-hybridized carbons (Fsp3) is 0.167. The Hall–Kier alpha value is -3.15. The van der Waals surface area contributed by atoms with Gasteiger partial charge in [-0.25, -0.2) is 0 Å². The Balaban J connectivity index is 1.38. The zero-order chi connectivity index (χ0) is 16.5. The molecule has 1 aliphatic heterocycles. The van der Waals surface area contributed by atoms with E-state index in [1.165, 1.54) is 0 Å². The molecule has 4 rings (SSSR count). The van der Waals surface area contributed by atoms with Gasteiger partial charge in [-0.2, -0.15) is 5.10 Å². The van der Waals surface area contributed by atoms with Crippen LogP contribution in [0.4, 0.5) is 5.69 Å². The van der Waals surface area contributed by atoms with Crippen molar-refractivity contribution >= 4 is 28.4 Å². The van der Waals surface area contributed by atoms with Gasteiger partial charge in [-0.05, 0) is 18.2 Å². The van der Waals surface area contributed by atoms with Crippen molar-refractivity contribution in [2.45, 2.75) is 12.6 Å². The van der Waals surface area contributed by atoms with Crippen LogP contribution in [0.25, 0.3) is 10.9 Å². The number of carbonyl (C=O) groups excluding carboxylic acids is 2. The summed E-state index contributed by atoms with van der Waals surface area (Å²) >= 11 is 0. The van der Waals surface area contributed by atoms with E-state index < -0.39 is 6.04 Å². The molecule has 0 aliphatic carbocycles. The zero-order valence-corrected chi connectivity index (χ0v) is 12.9. The maximum Gasteiger partial charge on any atom is 0.251 e. The number of aromatic nitrogens is 2. The van der Waals surface area contributed by atoms with E-state index in [9.17, 15) is 9.59 Å². The molecule has 2 amide bonds. The van der Waals surface area contributed by atoms with Crippen LogP contribution in [0.15, 0.2) is 60.8 Å². The van der Waals surface area contributed by atoms with Crippen LogP contribution in [-0.2, 0) is 16.1 Å².